The van der Waals surface area contributed by atoms with Crippen molar-refractivity contribution >= 4 is 47.3 Å². The summed E-state index contributed by atoms with van der Waals surface area (Å²) in [4.78, 5) is 108. The van der Waals surface area contributed by atoms with Crippen LogP contribution < -0.4 is 26.6 Å². The van der Waals surface area contributed by atoms with Crippen LogP contribution in [0.4, 0.5) is 0 Å². The van der Waals surface area contributed by atoms with E-state index in [0.717, 1.165) is 16.7 Å². The van der Waals surface area contributed by atoms with E-state index < -0.39 is 103 Å². The average Bonchev–Trinajstić information content (AvgIpc) is 3.33. The van der Waals surface area contributed by atoms with Gasteiger partial charge in [-0.15, -0.1) is 0 Å². The minimum atomic E-state index is -1.48. The van der Waals surface area contributed by atoms with Crippen LogP contribution in [0.5, 0.6) is 0 Å². The molecule has 0 fully saturated rings. The highest BCUT2D eigenvalue weighted by Gasteiger charge is 2.34. The van der Waals surface area contributed by atoms with Crippen LogP contribution in [-0.4, -0.2) is 88.2 Å². The molecule has 0 aliphatic carbocycles. The normalized spacial score (nSPS) is 19.7. The lowest BCUT2D eigenvalue weighted by molar-refractivity contribution is -0.144. The standard InChI is InChI=1S/C52H53N5O10/c58-45-31-40(52(66)67)28-35-18-23-39(24-19-35)48(62)53-32-44(54-46(59)26-27-47(60)61)51(65)55-41(25-20-33-10-4-1-5-11-33)49(63)57-43(50(64)56-42(45)29-34-12-6-2-7-13-34)30-36-16-21-38(22-17-36)37-14-8-3-9-15-37/h1-19,21-24,40-44H,20,25-32H2,(H,53,62)(H,54,59)(H,55,65)(H,56,64)(H,57,63)(H,60,61)(H,66,67)/t40-,41-,42-,43+,44+/m1/s1. The maximum Gasteiger partial charge on any atom is 0.307 e. The Morgan fingerprint density at radius 2 is 1.06 bits per heavy atom. The minimum Gasteiger partial charge on any atom is -0.481 e. The van der Waals surface area contributed by atoms with Crippen molar-refractivity contribution in [3.63, 3.8) is 0 Å². The fourth-order valence-electron chi connectivity index (χ4n) is 7.75. The van der Waals surface area contributed by atoms with Crippen molar-refractivity contribution in [2.45, 2.75) is 75.5 Å². The lowest BCUT2D eigenvalue weighted by Crippen LogP contribution is -2.59. The second-order valence-corrected chi connectivity index (χ2v) is 16.5. The van der Waals surface area contributed by atoms with Gasteiger partial charge in [0, 0.05) is 31.4 Å². The summed E-state index contributed by atoms with van der Waals surface area (Å²) in [6, 6.07) is 35.7. The van der Waals surface area contributed by atoms with E-state index in [4.69, 9.17) is 0 Å². The van der Waals surface area contributed by atoms with E-state index in [0.29, 0.717) is 16.7 Å². The van der Waals surface area contributed by atoms with Crippen molar-refractivity contribution in [1.29, 1.82) is 0 Å². The summed E-state index contributed by atoms with van der Waals surface area (Å²) in [5, 5.41) is 33.0. The number of hydrogen-bond acceptors (Lipinski definition) is 8. The van der Waals surface area contributed by atoms with Crippen LogP contribution in [0.1, 0.15) is 58.3 Å². The van der Waals surface area contributed by atoms with Gasteiger partial charge in [0.1, 0.15) is 18.1 Å². The second-order valence-electron chi connectivity index (χ2n) is 16.5. The zero-order valence-corrected chi connectivity index (χ0v) is 36.7. The van der Waals surface area contributed by atoms with E-state index in [9.17, 15) is 48.6 Å². The average molecular weight is 908 g/mol. The number of aryl methyl sites for hydroxylation is 1. The van der Waals surface area contributed by atoms with Crippen LogP contribution in [0.25, 0.3) is 11.1 Å². The van der Waals surface area contributed by atoms with Crippen LogP contribution in [0, 0.1) is 5.92 Å². The number of ketones is 1. The minimum absolute atomic E-state index is 0.0172. The molecular weight excluding hydrogens is 855 g/mol. The summed E-state index contributed by atoms with van der Waals surface area (Å²) in [6.07, 6.45) is -1.25. The third-order valence-corrected chi connectivity index (χ3v) is 11.5. The van der Waals surface area contributed by atoms with E-state index >= 15 is 0 Å². The lowest BCUT2D eigenvalue weighted by atomic mass is 9.90. The molecule has 0 unspecified atom stereocenters. The van der Waals surface area contributed by atoms with E-state index in [2.05, 4.69) is 26.6 Å². The third-order valence-electron chi connectivity index (χ3n) is 11.5. The number of carboxylic acid groups (broad SMARTS) is 2. The van der Waals surface area contributed by atoms with Crippen molar-refractivity contribution in [2.24, 2.45) is 5.92 Å². The first-order valence-electron chi connectivity index (χ1n) is 22.1. The summed E-state index contributed by atoms with van der Waals surface area (Å²) < 4.78 is 0. The molecule has 7 rings (SSSR count). The highest BCUT2D eigenvalue weighted by atomic mass is 16.4. The Balaban J connectivity index is 1.39. The van der Waals surface area contributed by atoms with Gasteiger partial charge in [0.2, 0.25) is 23.6 Å². The van der Waals surface area contributed by atoms with Crippen LogP contribution >= 0.6 is 0 Å². The van der Waals surface area contributed by atoms with E-state index in [-0.39, 0.29) is 37.7 Å². The Morgan fingerprint density at radius 1 is 0.537 bits per heavy atom. The number of hydrogen-bond donors (Lipinski definition) is 7. The van der Waals surface area contributed by atoms with Gasteiger partial charge in [-0.3, -0.25) is 38.4 Å². The predicted molar refractivity (Wildman–Crippen MR) is 248 cm³/mol. The molecule has 346 valence electrons. The number of fused-ring (bicyclic) bond motifs is 18. The summed E-state index contributed by atoms with van der Waals surface area (Å²) in [5.41, 5.74) is 4.70. The van der Waals surface area contributed by atoms with Gasteiger partial charge in [0.25, 0.3) is 5.91 Å². The number of Topliss-reactive ketones (excluding diaryl/α,β-unsaturated/α-hetero) is 1. The number of carboxylic acids is 2. The van der Waals surface area contributed by atoms with E-state index in [1.54, 1.807) is 42.5 Å². The molecule has 5 aromatic rings. The molecule has 15 nitrogen and oxygen atoms in total. The van der Waals surface area contributed by atoms with Crippen molar-refractivity contribution in [1.82, 2.24) is 26.6 Å². The Bertz CT molecular complexity index is 2520. The smallest absolute Gasteiger partial charge is 0.307 e. The SMILES string of the molecule is O=C(O)CCC(=O)N[C@H]1CNC(=O)c2ccc(cc2)C[C@@H](C(=O)O)CC(=O)[C@@H](Cc2ccccc2)NC(=O)[C@H](Cc2ccc(-c3ccccc3)cc2)NC(=O)[C@@H](CCc2ccccc2)NC1=O. The van der Waals surface area contributed by atoms with Crippen molar-refractivity contribution in [2.75, 3.05) is 6.54 Å². The predicted octanol–water partition coefficient (Wildman–Crippen LogP) is 4.22. The molecule has 0 spiro atoms. The number of aliphatic carboxylic acids is 2. The number of amides is 5. The fourth-order valence-corrected chi connectivity index (χ4v) is 7.75. The van der Waals surface area contributed by atoms with Gasteiger partial charge in [-0.05, 0) is 71.2 Å². The molecule has 67 heavy (non-hydrogen) atoms. The van der Waals surface area contributed by atoms with Crippen LogP contribution in [-0.2, 0) is 59.2 Å². The molecule has 2 bridgehead atoms. The van der Waals surface area contributed by atoms with E-state index in [1.807, 2.05) is 84.9 Å². The van der Waals surface area contributed by atoms with Gasteiger partial charge in [0.05, 0.1) is 18.4 Å². The van der Waals surface area contributed by atoms with Crippen molar-refractivity contribution in [3.8, 4) is 11.1 Å². The van der Waals surface area contributed by atoms with Gasteiger partial charge in [-0.1, -0.05) is 127 Å². The van der Waals surface area contributed by atoms with Crippen molar-refractivity contribution in [3.05, 3.63) is 167 Å². The maximum atomic E-state index is 14.7. The Morgan fingerprint density at radius 3 is 1.69 bits per heavy atom. The molecule has 7 N–H and O–H groups in total. The molecule has 0 radical (unpaired) electrons. The highest BCUT2D eigenvalue weighted by Crippen LogP contribution is 2.21. The quantitative estimate of drug-likeness (QED) is 0.0831. The lowest BCUT2D eigenvalue weighted by Gasteiger charge is -2.27. The molecule has 5 aromatic carbocycles. The Hall–Kier alpha value is -7.94. The molecule has 2 heterocycles. The van der Waals surface area contributed by atoms with Gasteiger partial charge in [-0.2, -0.15) is 0 Å². The molecule has 5 amide bonds. The highest BCUT2D eigenvalue weighted by molar-refractivity contribution is 5.98. The number of carbonyl (C=O) groups is 8. The third kappa shape index (κ3) is 14.8. The van der Waals surface area contributed by atoms with Gasteiger partial charge in [-0.25, -0.2) is 0 Å². The molecule has 5 atom stereocenters. The number of carbonyl (C=O) groups excluding carboxylic acids is 6. The van der Waals surface area contributed by atoms with Gasteiger partial charge in [0.15, 0.2) is 5.78 Å². The Labute approximate surface area is 387 Å². The van der Waals surface area contributed by atoms with Gasteiger partial charge >= 0.3 is 11.9 Å². The number of nitrogens with one attached hydrogen (secondary N) is 5. The number of benzene rings is 5. The monoisotopic (exact) mass is 907 g/mol. The number of rotatable bonds is 13. The molecule has 2 aliphatic heterocycles. The summed E-state index contributed by atoms with van der Waals surface area (Å²) >= 11 is 0. The van der Waals surface area contributed by atoms with E-state index in [1.165, 1.54) is 12.1 Å². The van der Waals surface area contributed by atoms with Gasteiger partial charge < -0.3 is 36.8 Å². The van der Waals surface area contributed by atoms with Crippen LogP contribution in [0.3, 0.4) is 0 Å². The first kappa shape index (κ1) is 48.5. The molecule has 15 heteroatoms. The zero-order valence-electron chi connectivity index (χ0n) is 36.7. The topological polar surface area (TPSA) is 237 Å². The summed E-state index contributed by atoms with van der Waals surface area (Å²) in [5.74, 6) is -8.04. The second kappa shape index (κ2) is 23.8. The molecular formula is C52H53N5O10. The molecule has 0 aromatic heterocycles. The molecule has 0 saturated carbocycles. The summed E-state index contributed by atoms with van der Waals surface area (Å²) in [7, 11) is 0. The van der Waals surface area contributed by atoms with Crippen LogP contribution in [0.2, 0.25) is 0 Å². The molecule has 0 saturated heterocycles. The largest absolute Gasteiger partial charge is 0.481 e. The Kier molecular flexibility index (Phi) is 17.3. The van der Waals surface area contributed by atoms with Crippen molar-refractivity contribution < 1.29 is 48.6 Å². The summed E-state index contributed by atoms with van der Waals surface area (Å²) in [6.45, 7) is -0.464. The first-order chi connectivity index (χ1) is 32.3. The fraction of sp³-hybridized carbons (Fsp3) is 0.269. The van der Waals surface area contributed by atoms with Crippen LogP contribution in [0.15, 0.2) is 140 Å². The maximum absolute atomic E-state index is 14.7. The zero-order chi connectivity index (χ0) is 47.7. The molecule has 2 aliphatic rings. The first-order valence-corrected chi connectivity index (χ1v) is 22.1.